The van der Waals surface area contributed by atoms with E-state index in [1.807, 2.05) is 6.92 Å². The Labute approximate surface area is 154 Å². The van der Waals surface area contributed by atoms with Gasteiger partial charge in [0.1, 0.15) is 28.6 Å². The molecule has 0 aliphatic carbocycles. The molecule has 1 aliphatic heterocycles. The van der Waals surface area contributed by atoms with Crippen LogP contribution in [-0.4, -0.2) is 37.2 Å². The number of amides is 1. The maximum Gasteiger partial charge on any atom is 0.312 e. The molecule has 2 aromatic heterocycles. The molecule has 0 unspecified atom stereocenters. The fourth-order valence-corrected chi connectivity index (χ4v) is 3.13. The van der Waals surface area contributed by atoms with Gasteiger partial charge in [-0.2, -0.15) is 5.10 Å². The van der Waals surface area contributed by atoms with E-state index in [2.05, 4.69) is 10.4 Å². The molecule has 2 aromatic rings. The number of hydrogen-bond donors (Lipinski definition) is 1. The number of thiocarbonyl (C=S) groups is 1. The summed E-state index contributed by atoms with van der Waals surface area (Å²) in [4.78, 5) is 24.3. The lowest BCUT2D eigenvalue weighted by Crippen LogP contribution is -2.30. The molecular weight excluding hydrogens is 358 g/mol. The van der Waals surface area contributed by atoms with Gasteiger partial charge in [0.2, 0.25) is 0 Å². The molecule has 0 saturated carbocycles. The van der Waals surface area contributed by atoms with Crippen LogP contribution < -0.4 is 5.32 Å². The first kappa shape index (κ1) is 17.8. The number of carbonyl (C=O) groups excluding carboxylic acids is 1. The standard InChI is InChI=1S/C16H17N5O4S/c1-4-19-15(22)13(17-16(19)26)7-11-5-6-12(25-11)8-20-10(3)14(21(23)24)9(2)18-20/h5-7H,4,8H2,1-3H3,(H,17,26)/b13-7+. The summed E-state index contributed by atoms with van der Waals surface area (Å²) in [5.41, 5.74) is 1.17. The second-order valence-electron chi connectivity index (χ2n) is 5.78. The Bertz CT molecular complexity index is 943. The first-order valence-corrected chi connectivity index (χ1v) is 8.34. The monoisotopic (exact) mass is 375 g/mol. The predicted molar refractivity (Wildman–Crippen MR) is 97.3 cm³/mol. The van der Waals surface area contributed by atoms with Gasteiger partial charge < -0.3 is 9.73 Å². The maximum atomic E-state index is 12.2. The highest BCUT2D eigenvalue weighted by Gasteiger charge is 2.29. The van der Waals surface area contributed by atoms with E-state index in [0.29, 0.717) is 40.3 Å². The summed E-state index contributed by atoms with van der Waals surface area (Å²) < 4.78 is 7.23. The molecule has 3 heterocycles. The Morgan fingerprint density at radius 1 is 1.42 bits per heavy atom. The summed E-state index contributed by atoms with van der Waals surface area (Å²) in [6.45, 7) is 5.82. The molecule has 0 bridgehead atoms. The average molecular weight is 375 g/mol. The van der Waals surface area contributed by atoms with Crippen LogP contribution in [0.2, 0.25) is 0 Å². The molecular formula is C16H17N5O4S. The number of nitrogens with zero attached hydrogens (tertiary/aromatic N) is 4. The van der Waals surface area contributed by atoms with E-state index in [0.717, 1.165) is 0 Å². The fourth-order valence-electron chi connectivity index (χ4n) is 2.81. The largest absolute Gasteiger partial charge is 0.460 e. The van der Waals surface area contributed by atoms with Gasteiger partial charge in [0.15, 0.2) is 5.11 Å². The third-order valence-electron chi connectivity index (χ3n) is 4.08. The number of nitrogens with one attached hydrogen (secondary N) is 1. The van der Waals surface area contributed by atoms with Gasteiger partial charge in [-0.25, -0.2) is 0 Å². The molecule has 26 heavy (non-hydrogen) atoms. The molecule has 3 rings (SSSR count). The van der Waals surface area contributed by atoms with Crippen LogP contribution in [0.3, 0.4) is 0 Å². The summed E-state index contributed by atoms with van der Waals surface area (Å²) in [5.74, 6) is 0.843. The van der Waals surface area contributed by atoms with E-state index in [4.69, 9.17) is 16.6 Å². The number of rotatable bonds is 5. The highest BCUT2D eigenvalue weighted by molar-refractivity contribution is 7.80. The summed E-state index contributed by atoms with van der Waals surface area (Å²) in [7, 11) is 0. The number of aromatic nitrogens is 2. The normalized spacial score (nSPS) is 15.8. The van der Waals surface area contributed by atoms with Gasteiger partial charge in [-0.15, -0.1) is 0 Å². The maximum absolute atomic E-state index is 12.2. The Balaban J connectivity index is 1.81. The van der Waals surface area contributed by atoms with Crippen molar-refractivity contribution >= 4 is 35.0 Å². The van der Waals surface area contributed by atoms with Crippen LogP contribution in [0.15, 0.2) is 22.2 Å². The van der Waals surface area contributed by atoms with Gasteiger partial charge in [0, 0.05) is 12.6 Å². The third kappa shape index (κ3) is 3.10. The van der Waals surface area contributed by atoms with Crippen LogP contribution in [-0.2, 0) is 11.3 Å². The van der Waals surface area contributed by atoms with Crippen molar-refractivity contribution in [2.24, 2.45) is 0 Å². The SMILES string of the molecule is CCN1C(=O)/C(=C\c2ccc(Cn3nc(C)c([N+](=O)[O-])c3C)o2)NC1=S. The molecule has 1 saturated heterocycles. The minimum atomic E-state index is -0.439. The number of furan rings is 1. The van der Waals surface area contributed by atoms with Gasteiger partial charge in [0.25, 0.3) is 5.91 Å². The van der Waals surface area contributed by atoms with Crippen molar-refractivity contribution in [3.8, 4) is 0 Å². The first-order valence-electron chi connectivity index (χ1n) is 7.93. The molecule has 1 aliphatic rings. The zero-order chi connectivity index (χ0) is 19.0. The second kappa shape index (κ2) is 6.71. The second-order valence-corrected chi connectivity index (χ2v) is 6.16. The zero-order valence-corrected chi connectivity index (χ0v) is 15.3. The average Bonchev–Trinajstić information content (AvgIpc) is 3.19. The molecule has 1 amide bonds. The van der Waals surface area contributed by atoms with E-state index >= 15 is 0 Å². The number of nitro groups is 1. The molecule has 0 aromatic carbocycles. The molecule has 1 fully saturated rings. The van der Waals surface area contributed by atoms with Gasteiger partial charge in [0.05, 0.1) is 11.5 Å². The van der Waals surface area contributed by atoms with Crippen LogP contribution in [0.4, 0.5) is 5.69 Å². The van der Waals surface area contributed by atoms with Crippen molar-refractivity contribution in [3.05, 3.63) is 50.9 Å². The van der Waals surface area contributed by atoms with E-state index in [-0.39, 0.29) is 18.1 Å². The van der Waals surface area contributed by atoms with Gasteiger partial charge in [-0.05, 0) is 45.1 Å². The lowest BCUT2D eigenvalue weighted by Gasteiger charge is -2.08. The van der Waals surface area contributed by atoms with E-state index in [1.54, 1.807) is 32.1 Å². The molecule has 0 radical (unpaired) electrons. The third-order valence-corrected chi connectivity index (χ3v) is 4.40. The number of carbonyl (C=O) groups is 1. The summed E-state index contributed by atoms with van der Waals surface area (Å²) >= 11 is 5.11. The predicted octanol–water partition coefficient (Wildman–Crippen LogP) is 2.13. The summed E-state index contributed by atoms with van der Waals surface area (Å²) in [6, 6.07) is 3.46. The van der Waals surface area contributed by atoms with Gasteiger partial charge >= 0.3 is 5.69 Å². The lowest BCUT2D eigenvalue weighted by atomic mass is 10.3. The number of likely N-dealkylation sites (N-methyl/N-ethyl adjacent to an activating group) is 1. The fraction of sp³-hybridized carbons (Fsp3) is 0.312. The van der Waals surface area contributed by atoms with E-state index in [9.17, 15) is 14.9 Å². The minimum absolute atomic E-state index is 0.00724. The van der Waals surface area contributed by atoms with Gasteiger partial charge in [-0.1, -0.05) is 0 Å². The van der Waals surface area contributed by atoms with Crippen molar-refractivity contribution in [1.82, 2.24) is 20.0 Å². The summed E-state index contributed by atoms with van der Waals surface area (Å²) in [6.07, 6.45) is 1.58. The Morgan fingerprint density at radius 2 is 2.15 bits per heavy atom. The first-order chi connectivity index (χ1) is 12.3. The molecule has 9 nitrogen and oxygen atoms in total. The smallest absolute Gasteiger partial charge is 0.312 e. The molecule has 10 heteroatoms. The van der Waals surface area contributed by atoms with Crippen molar-refractivity contribution in [2.75, 3.05) is 6.54 Å². The van der Waals surface area contributed by atoms with Crippen LogP contribution in [0, 0.1) is 24.0 Å². The van der Waals surface area contributed by atoms with Crippen molar-refractivity contribution in [2.45, 2.75) is 27.3 Å². The zero-order valence-electron chi connectivity index (χ0n) is 14.5. The number of hydrogen-bond acceptors (Lipinski definition) is 6. The minimum Gasteiger partial charge on any atom is -0.460 e. The Morgan fingerprint density at radius 3 is 2.73 bits per heavy atom. The van der Waals surface area contributed by atoms with E-state index < -0.39 is 4.92 Å². The Hall–Kier alpha value is -3.01. The highest BCUT2D eigenvalue weighted by atomic mass is 32.1. The van der Waals surface area contributed by atoms with Crippen LogP contribution >= 0.6 is 12.2 Å². The lowest BCUT2D eigenvalue weighted by molar-refractivity contribution is -0.386. The highest BCUT2D eigenvalue weighted by Crippen LogP contribution is 2.23. The van der Waals surface area contributed by atoms with Crippen molar-refractivity contribution in [3.63, 3.8) is 0 Å². The molecule has 1 N–H and O–H groups in total. The quantitative estimate of drug-likeness (QED) is 0.369. The molecule has 136 valence electrons. The van der Waals surface area contributed by atoms with Crippen LogP contribution in [0.5, 0.6) is 0 Å². The van der Waals surface area contributed by atoms with Crippen molar-refractivity contribution in [1.29, 1.82) is 0 Å². The molecule has 0 spiro atoms. The van der Waals surface area contributed by atoms with Crippen LogP contribution in [0.1, 0.15) is 29.8 Å². The number of aryl methyl sites for hydroxylation is 1. The Kier molecular flexibility index (Phi) is 4.60. The van der Waals surface area contributed by atoms with Gasteiger partial charge in [-0.3, -0.25) is 24.5 Å². The van der Waals surface area contributed by atoms with Crippen molar-refractivity contribution < 1.29 is 14.1 Å². The summed E-state index contributed by atoms with van der Waals surface area (Å²) in [5, 5.41) is 18.5. The van der Waals surface area contributed by atoms with E-state index in [1.165, 1.54) is 9.58 Å². The topological polar surface area (TPSA) is 106 Å². The van der Waals surface area contributed by atoms with Crippen LogP contribution in [0.25, 0.3) is 6.08 Å². The molecule has 0 atom stereocenters.